The minimum Gasteiger partial charge on any atom is -0.469 e. The summed E-state index contributed by atoms with van der Waals surface area (Å²) in [5.41, 5.74) is 0. The van der Waals surface area contributed by atoms with Gasteiger partial charge in [0.2, 0.25) is 0 Å². The molecule has 1 aliphatic carbocycles. The van der Waals surface area contributed by atoms with E-state index in [0.29, 0.717) is 0 Å². The zero-order chi connectivity index (χ0) is 17.1. The van der Waals surface area contributed by atoms with Crippen LogP contribution in [0.15, 0.2) is 0 Å². The zero-order valence-corrected chi connectivity index (χ0v) is 17.0. The predicted octanol–water partition coefficient (Wildman–Crippen LogP) is 4.84. The van der Waals surface area contributed by atoms with Gasteiger partial charge in [-0.3, -0.25) is 4.79 Å². The molecule has 0 aliphatic heterocycles. The SMILES string of the molecule is CC[Si](CC)(CC)O[C@H]1C[C@H](C(C)(C)Cl)[C@@H](C(=O)OC)[C@@H]1C. The van der Waals surface area contributed by atoms with Crippen LogP contribution in [0.4, 0.5) is 0 Å². The number of hydrogen-bond acceptors (Lipinski definition) is 3. The van der Waals surface area contributed by atoms with Gasteiger partial charge in [-0.2, -0.15) is 0 Å². The molecule has 0 aromatic heterocycles. The molecular weight excluding hydrogens is 316 g/mol. The third-order valence-corrected chi connectivity index (χ3v) is 10.7. The number of carbonyl (C=O) groups excluding carboxylic acids is 1. The van der Waals surface area contributed by atoms with Crippen LogP contribution in [0.2, 0.25) is 18.1 Å². The lowest BCUT2D eigenvalue weighted by atomic mass is 9.82. The number of alkyl halides is 1. The predicted molar refractivity (Wildman–Crippen MR) is 94.8 cm³/mol. The maximum atomic E-state index is 12.3. The summed E-state index contributed by atoms with van der Waals surface area (Å²) < 4.78 is 11.7. The molecule has 1 fully saturated rings. The minimum atomic E-state index is -1.68. The smallest absolute Gasteiger partial charge is 0.309 e. The van der Waals surface area contributed by atoms with Crippen molar-refractivity contribution in [1.82, 2.24) is 0 Å². The van der Waals surface area contributed by atoms with E-state index in [-0.39, 0.29) is 29.8 Å². The first-order valence-electron chi connectivity index (χ1n) is 8.60. The number of hydrogen-bond donors (Lipinski definition) is 0. The number of rotatable bonds is 7. The Hall–Kier alpha value is -0.0631. The van der Waals surface area contributed by atoms with Crippen LogP contribution in [0.3, 0.4) is 0 Å². The van der Waals surface area contributed by atoms with Gasteiger partial charge in [-0.25, -0.2) is 0 Å². The standard InChI is InChI=1S/C17H33ClO3Si/c1-8-22(9-2,10-3)21-14-11-13(17(5,6)18)15(12(14)4)16(19)20-7/h12-15H,8-11H2,1-7H3/t12-,13+,14+,15+/m1/s1. The average Bonchev–Trinajstić information content (AvgIpc) is 2.81. The number of esters is 1. The van der Waals surface area contributed by atoms with E-state index in [9.17, 15) is 4.79 Å². The van der Waals surface area contributed by atoms with Gasteiger partial charge in [0.25, 0.3) is 0 Å². The topological polar surface area (TPSA) is 35.5 Å². The van der Waals surface area contributed by atoms with Gasteiger partial charge in [0.05, 0.1) is 13.0 Å². The number of carbonyl (C=O) groups is 1. The quantitative estimate of drug-likeness (QED) is 0.375. The van der Waals surface area contributed by atoms with Gasteiger partial charge in [-0.1, -0.05) is 27.7 Å². The second kappa shape index (κ2) is 7.67. The van der Waals surface area contributed by atoms with E-state index in [4.69, 9.17) is 20.8 Å². The highest BCUT2D eigenvalue weighted by atomic mass is 35.5. The number of ether oxygens (including phenoxy) is 1. The van der Waals surface area contributed by atoms with Crippen molar-refractivity contribution >= 4 is 25.9 Å². The molecule has 0 radical (unpaired) electrons. The molecule has 0 spiro atoms. The Morgan fingerprint density at radius 3 is 2.09 bits per heavy atom. The van der Waals surface area contributed by atoms with Crippen LogP contribution in [0.1, 0.15) is 48.0 Å². The van der Waals surface area contributed by atoms with Gasteiger partial charge in [0.15, 0.2) is 8.32 Å². The van der Waals surface area contributed by atoms with Crippen molar-refractivity contribution in [3.05, 3.63) is 0 Å². The van der Waals surface area contributed by atoms with E-state index < -0.39 is 13.2 Å². The lowest BCUT2D eigenvalue weighted by molar-refractivity contribution is -0.148. The fourth-order valence-corrected chi connectivity index (χ4v) is 7.09. The fourth-order valence-electron chi connectivity index (χ4n) is 3.91. The van der Waals surface area contributed by atoms with Gasteiger partial charge in [-0.15, -0.1) is 11.6 Å². The van der Waals surface area contributed by atoms with E-state index in [1.165, 1.54) is 7.11 Å². The monoisotopic (exact) mass is 348 g/mol. The molecule has 0 heterocycles. The van der Waals surface area contributed by atoms with Crippen molar-refractivity contribution in [3.8, 4) is 0 Å². The highest BCUT2D eigenvalue weighted by molar-refractivity contribution is 6.73. The first kappa shape index (κ1) is 20.0. The summed E-state index contributed by atoms with van der Waals surface area (Å²) in [5, 5.41) is 0. The molecule has 0 amide bonds. The summed E-state index contributed by atoms with van der Waals surface area (Å²) in [6, 6.07) is 3.38. The van der Waals surface area contributed by atoms with Crippen molar-refractivity contribution in [1.29, 1.82) is 0 Å². The number of halogens is 1. The Morgan fingerprint density at radius 2 is 1.73 bits per heavy atom. The molecule has 0 N–H and O–H groups in total. The van der Waals surface area contributed by atoms with Crippen molar-refractivity contribution in [2.45, 2.75) is 77.1 Å². The van der Waals surface area contributed by atoms with Crippen LogP contribution < -0.4 is 0 Å². The minimum absolute atomic E-state index is 0.0962. The molecule has 0 saturated heterocycles. The molecule has 130 valence electrons. The van der Waals surface area contributed by atoms with E-state index in [2.05, 4.69) is 27.7 Å². The number of methoxy groups -OCH3 is 1. The molecule has 5 heteroatoms. The molecule has 3 nitrogen and oxygen atoms in total. The largest absolute Gasteiger partial charge is 0.469 e. The Bertz CT molecular complexity index is 368. The summed E-state index contributed by atoms with van der Waals surface area (Å²) in [7, 11) is -0.220. The summed E-state index contributed by atoms with van der Waals surface area (Å²) in [6.07, 6.45) is 0.977. The van der Waals surface area contributed by atoms with Crippen LogP contribution in [-0.4, -0.2) is 32.4 Å². The molecule has 0 unspecified atom stereocenters. The van der Waals surface area contributed by atoms with Crippen LogP contribution >= 0.6 is 11.6 Å². The van der Waals surface area contributed by atoms with Crippen LogP contribution in [0, 0.1) is 17.8 Å². The average molecular weight is 349 g/mol. The molecule has 1 rings (SSSR count). The van der Waals surface area contributed by atoms with E-state index in [0.717, 1.165) is 24.6 Å². The third kappa shape index (κ3) is 4.07. The van der Waals surface area contributed by atoms with Crippen molar-refractivity contribution in [3.63, 3.8) is 0 Å². The van der Waals surface area contributed by atoms with Gasteiger partial charge in [-0.05, 0) is 50.2 Å². The molecule has 1 saturated carbocycles. The first-order chi connectivity index (χ1) is 10.2. The third-order valence-electron chi connectivity index (χ3n) is 5.76. The van der Waals surface area contributed by atoms with Gasteiger partial charge in [0, 0.05) is 11.0 Å². The normalized spacial score (nSPS) is 29.6. The van der Waals surface area contributed by atoms with Crippen LogP contribution in [0.5, 0.6) is 0 Å². The maximum Gasteiger partial charge on any atom is 0.309 e. The molecule has 0 bridgehead atoms. The molecule has 22 heavy (non-hydrogen) atoms. The van der Waals surface area contributed by atoms with Crippen molar-refractivity contribution < 1.29 is 14.0 Å². The highest BCUT2D eigenvalue weighted by Gasteiger charge is 2.52. The van der Waals surface area contributed by atoms with Crippen molar-refractivity contribution in [2.24, 2.45) is 17.8 Å². The van der Waals surface area contributed by atoms with Gasteiger partial charge < -0.3 is 9.16 Å². The van der Waals surface area contributed by atoms with Gasteiger partial charge >= 0.3 is 5.97 Å². The zero-order valence-electron chi connectivity index (χ0n) is 15.2. The van der Waals surface area contributed by atoms with Crippen LogP contribution in [-0.2, 0) is 14.0 Å². The second-order valence-corrected chi connectivity index (χ2v) is 12.9. The van der Waals surface area contributed by atoms with E-state index >= 15 is 0 Å². The Balaban J connectivity index is 3.02. The van der Waals surface area contributed by atoms with Gasteiger partial charge in [0.1, 0.15) is 0 Å². The van der Waals surface area contributed by atoms with Crippen molar-refractivity contribution in [2.75, 3.05) is 7.11 Å². The lowest BCUT2D eigenvalue weighted by Crippen LogP contribution is -2.41. The van der Waals surface area contributed by atoms with E-state index in [1.807, 2.05) is 13.8 Å². The molecule has 0 aromatic rings. The molecular formula is C17H33ClO3Si. The summed E-state index contributed by atoms with van der Waals surface area (Å²) in [6.45, 7) is 12.8. The lowest BCUT2D eigenvalue weighted by Gasteiger charge is -2.34. The first-order valence-corrected chi connectivity index (χ1v) is 11.5. The molecule has 4 atom stereocenters. The summed E-state index contributed by atoms with van der Waals surface area (Å²) >= 11 is 6.59. The van der Waals surface area contributed by atoms with Crippen LogP contribution in [0.25, 0.3) is 0 Å². The Kier molecular flexibility index (Phi) is 6.97. The summed E-state index contributed by atoms with van der Waals surface area (Å²) in [5.74, 6) is -0.0558. The Morgan fingerprint density at radius 1 is 1.23 bits per heavy atom. The second-order valence-electron chi connectivity index (χ2n) is 7.21. The maximum absolute atomic E-state index is 12.3. The van der Waals surface area contributed by atoms with E-state index in [1.54, 1.807) is 0 Å². The summed E-state index contributed by atoms with van der Waals surface area (Å²) in [4.78, 5) is 11.8. The molecule has 1 aliphatic rings. The highest BCUT2D eigenvalue weighted by Crippen LogP contribution is 2.48. The molecule has 0 aromatic carbocycles. The Labute approximate surface area is 142 Å². The fraction of sp³-hybridized carbons (Fsp3) is 0.941.